The van der Waals surface area contributed by atoms with Crippen molar-refractivity contribution >= 4 is 72.1 Å². The zero-order chi connectivity index (χ0) is 26.2. The highest BCUT2D eigenvalue weighted by molar-refractivity contribution is 6.08. The average Bonchev–Trinajstić information content (AvgIpc) is 3.58. The smallest absolute Gasteiger partial charge is 0.135 e. The van der Waals surface area contributed by atoms with E-state index in [-0.39, 0.29) is 0 Å². The summed E-state index contributed by atoms with van der Waals surface area (Å²) < 4.78 is 12.0. The summed E-state index contributed by atoms with van der Waals surface area (Å²) in [5, 5.41) is 9.34. The number of fused-ring (bicyclic) bond motifs is 9. The molecule has 0 atom stereocenters. The third-order valence-electron chi connectivity index (χ3n) is 8.13. The van der Waals surface area contributed by atoms with E-state index >= 15 is 0 Å². The Kier molecular flexibility index (Phi) is 4.35. The Morgan fingerprint density at radius 3 is 1.98 bits per heavy atom. The minimum Gasteiger partial charge on any atom is -0.456 e. The molecule has 4 nitrogen and oxygen atoms in total. The maximum atomic E-state index is 6.03. The first-order chi connectivity index (χ1) is 19.8. The second-order valence-corrected chi connectivity index (χ2v) is 10.5. The van der Waals surface area contributed by atoms with Crippen LogP contribution in [0.3, 0.4) is 0 Å². The van der Waals surface area contributed by atoms with E-state index in [0.29, 0.717) is 0 Å². The molecule has 8 aromatic rings. The fourth-order valence-electron chi connectivity index (χ4n) is 6.12. The summed E-state index contributed by atoms with van der Waals surface area (Å²) in [7, 11) is 0. The van der Waals surface area contributed by atoms with Crippen molar-refractivity contribution in [2.45, 2.75) is 0 Å². The molecule has 1 aliphatic heterocycles. The molecule has 0 saturated carbocycles. The largest absolute Gasteiger partial charge is 0.456 e. The quantitative estimate of drug-likeness (QED) is 0.249. The predicted octanol–water partition coefficient (Wildman–Crippen LogP) is 9.67. The first-order valence-electron chi connectivity index (χ1n) is 13.5. The third kappa shape index (κ3) is 3.17. The number of rotatable bonds is 2. The number of nitrogens with one attached hydrogen (secondary N) is 1. The van der Waals surface area contributed by atoms with Crippen molar-refractivity contribution in [3.05, 3.63) is 120 Å². The Hall–Kier alpha value is -5.35. The lowest BCUT2D eigenvalue weighted by atomic mass is 9.95. The molecule has 0 amide bonds. The molecule has 1 N–H and O–H groups in total. The average molecular weight is 515 g/mol. The van der Waals surface area contributed by atoms with Crippen LogP contribution < -0.4 is 5.32 Å². The number of aromatic nitrogens is 1. The molecule has 40 heavy (non-hydrogen) atoms. The van der Waals surface area contributed by atoms with Crippen LogP contribution in [0.15, 0.2) is 118 Å². The minimum atomic E-state index is 0.737. The van der Waals surface area contributed by atoms with Crippen LogP contribution in [-0.2, 0) is 0 Å². The second-order valence-electron chi connectivity index (χ2n) is 10.5. The molecule has 188 valence electrons. The predicted molar refractivity (Wildman–Crippen MR) is 165 cm³/mol. The van der Waals surface area contributed by atoms with Gasteiger partial charge in [-0.3, -0.25) is 4.98 Å². The summed E-state index contributed by atoms with van der Waals surface area (Å²) in [5.74, 6) is 0. The highest BCUT2D eigenvalue weighted by Crippen LogP contribution is 2.38. The molecule has 0 radical (unpaired) electrons. The summed E-state index contributed by atoms with van der Waals surface area (Å²) in [5.41, 5.74) is 11.5. The van der Waals surface area contributed by atoms with E-state index in [1.165, 1.54) is 11.1 Å². The third-order valence-corrected chi connectivity index (χ3v) is 8.13. The summed E-state index contributed by atoms with van der Waals surface area (Å²) in [4.78, 5) is 4.94. The second kappa shape index (κ2) is 8.08. The highest BCUT2D eigenvalue weighted by atomic mass is 16.3. The maximum Gasteiger partial charge on any atom is 0.135 e. The highest BCUT2D eigenvalue weighted by Gasteiger charge is 2.17. The molecule has 0 spiro atoms. The Labute approximate surface area is 229 Å². The van der Waals surface area contributed by atoms with Gasteiger partial charge in [-0.25, -0.2) is 0 Å². The number of para-hydroxylation sites is 2. The summed E-state index contributed by atoms with van der Waals surface area (Å²) in [6, 6.07) is 35.8. The summed E-state index contributed by atoms with van der Waals surface area (Å²) >= 11 is 0. The van der Waals surface area contributed by atoms with Gasteiger partial charge in [0.15, 0.2) is 0 Å². The van der Waals surface area contributed by atoms with Crippen molar-refractivity contribution in [1.82, 2.24) is 4.98 Å². The van der Waals surface area contributed by atoms with E-state index in [4.69, 9.17) is 13.8 Å². The molecule has 0 unspecified atom stereocenters. The molecule has 4 heteroatoms. The SMILES string of the molecule is C1=C(c2ccc3oc4ccccc4c3c2)CNc2c1ccc1cc(-c3ccc4oc5ccccc5c4c3)cnc21. The van der Waals surface area contributed by atoms with E-state index in [0.717, 1.165) is 83.7 Å². The van der Waals surface area contributed by atoms with Gasteiger partial charge in [0.05, 0.1) is 11.2 Å². The monoisotopic (exact) mass is 514 g/mol. The van der Waals surface area contributed by atoms with E-state index in [1.54, 1.807) is 0 Å². The molecular formula is C36H22N2O2. The molecule has 4 heterocycles. The number of hydrogen-bond acceptors (Lipinski definition) is 4. The van der Waals surface area contributed by atoms with Crippen LogP contribution in [0, 0.1) is 0 Å². The van der Waals surface area contributed by atoms with Gasteiger partial charge in [0.1, 0.15) is 22.3 Å². The Bertz CT molecular complexity index is 2340. The van der Waals surface area contributed by atoms with Crippen molar-refractivity contribution in [1.29, 1.82) is 0 Å². The normalized spacial score (nSPS) is 13.2. The first kappa shape index (κ1) is 21.6. The van der Waals surface area contributed by atoms with Crippen molar-refractivity contribution in [2.24, 2.45) is 0 Å². The van der Waals surface area contributed by atoms with Gasteiger partial charge in [0.25, 0.3) is 0 Å². The minimum absolute atomic E-state index is 0.737. The van der Waals surface area contributed by atoms with Crippen LogP contribution in [-0.4, -0.2) is 11.5 Å². The number of hydrogen-bond donors (Lipinski definition) is 1. The molecule has 0 bridgehead atoms. The number of nitrogens with zero attached hydrogens (tertiary/aromatic N) is 1. The molecular weight excluding hydrogens is 492 g/mol. The van der Waals surface area contributed by atoms with Gasteiger partial charge < -0.3 is 14.2 Å². The standard InChI is InChI=1S/C36H22N2O2/c1-3-7-31-27(5-1)29-17-21(11-13-33(29)39-31)25-15-23-9-10-24-16-26(20-38-36(24)35(23)37-19-25)22-12-14-34-30(18-22)28-6-2-4-8-32(28)40-34/h1-19,38H,20H2. The maximum absolute atomic E-state index is 6.03. The van der Waals surface area contributed by atoms with E-state index < -0.39 is 0 Å². The fourth-order valence-corrected chi connectivity index (χ4v) is 6.12. The molecule has 1 aliphatic rings. The van der Waals surface area contributed by atoms with Crippen LogP contribution in [0.1, 0.15) is 11.1 Å². The van der Waals surface area contributed by atoms with Gasteiger partial charge in [-0.2, -0.15) is 0 Å². The van der Waals surface area contributed by atoms with Crippen LogP contribution in [0.2, 0.25) is 0 Å². The van der Waals surface area contributed by atoms with Crippen LogP contribution >= 0.6 is 0 Å². The van der Waals surface area contributed by atoms with E-state index in [9.17, 15) is 0 Å². The van der Waals surface area contributed by atoms with Crippen molar-refractivity contribution in [2.75, 3.05) is 11.9 Å². The lowest BCUT2D eigenvalue weighted by Crippen LogP contribution is -2.10. The number of anilines is 1. The summed E-state index contributed by atoms with van der Waals surface area (Å²) in [6.45, 7) is 0.737. The Morgan fingerprint density at radius 1 is 0.575 bits per heavy atom. The van der Waals surface area contributed by atoms with Crippen molar-refractivity contribution in [3.63, 3.8) is 0 Å². The van der Waals surface area contributed by atoms with Gasteiger partial charge in [0, 0.05) is 50.8 Å². The van der Waals surface area contributed by atoms with Gasteiger partial charge in [0.2, 0.25) is 0 Å². The van der Waals surface area contributed by atoms with Gasteiger partial charge in [-0.15, -0.1) is 0 Å². The first-order valence-corrected chi connectivity index (χ1v) is 13.5. The molecule has 3 aromatic heterocycles. The zero-order valence-corrected chi connectivity index (χ0v) is 21.4. The van der Waals surface area contributed by atoms with Crippen molar-refractivity contribution < 1.29 is 8.83 Å². The molecule has 0 aliphatic carbocycles. The molecule has 5 aromatic carbocycles. The number of pyridine rings is 1. The van der Waals surface area contributed by atoms with Crippen molar-refractivity contribution in [3.8, 4) is 11.1 Å². The summed E-state index contributed by atoms with van der Waals surface area (Å²) in [6.07, 6.45) is 4.26. The molecule has 9 rings (SSSR count). The van der Waals surface area contributed by atoms with Gasteiger partial charge in [-0.1, -0.05) is 60.7 Å². The lowest BCUT2D eigenvalue weighted by molar-refractivity contribution is 0.668. The lowest BCUT2D eigenvalue weighted by Gasteiger charge is -2.20. The molecule has 0 saturated heterocycles. The van der Waals surface area contributed by atoms with Crippen LogP contribution in [0.4, 0.5) is 5.69 Å². The fraction of sp³-hybridized carbons (Fsp3) is 0.0278. The van der Waals surface area contributed by atoms with Gasteiger partial charge >= 0.3 is 0 Å². The van der Waals surface area contributed by atoms with Crippen LogP contribution in [0.5, 0.6) is 0 Å². The Morgan fingerprint density at radius 2 is 1.23 bits per heavy atom. The van der Waals surface area contributed by atoms with Gasteiger partial charge in [-0.05, 0) is 65.2 Å². The Balaban J connectivity index is 1.11. The van der Waals surface area contributed by atoms with E-state index in [2.05, 4.69) is 90.3 Å². The number of furan rings is 2. The molecule has 0 fully saturated rings. The van der Waals surface area contributed by atoms with E-state index in [1.807, 2.05) is 30.5 Å². The zero-order valence-electron chi connectivity index (χ0n) is 21.4. The van der Waals surface area contributed by atoms with Crippen LogP contribution in [0.25, 0.3) is 77.6 Å². The topological polar surface area (TPSA) is 51.2 Å². The number of benzene rings is 5.